The number of benzene rings is 1. The van der Waals surface area contributed by atoms with Crippen LogP contribution in [0.1, 0.15) is 33.3 Å². The Kier molecular flexibility index (Phi) is 15.5. The summed E-state index contributed by atoms with van der Waals surface area (Å²) in [4.78, 5) is 0. The molecule has 1 rings (SSSR count). The number of rotatable bonds is 0. The maximum Gasteiger partial charge on any atom is 0.0245 e. The minimum atomic E-state index is 0.750. The maximum atomic E-state index is 4.85. The molecule has 0 radical (unpaired) electrons. The average molecular weight is 191 g/mol. The Morgan fingerprint density at radius 3 is 1.93 bits per heavy atom. The summed E-state index contributed by atoms with van der Waals surface area (Å²) in [7, 11) is 0. The van der Waals surface area contributed by atoms with Crippen molar-refractivity contribution >= 4 is 0 Å². The molecule has 0 saturated heterocycles. The molecule has 0 heterocycles. The van der Waals surface area contributed by atoms with Crippen LogP contribution in [0.5, 0.6) is 0 Å². The molecule has 14 heavy (non-hydrogen) atoms. The zero-order valence-corrected chi connectivity index (χ0v) is 9.67. The first-order chi connectivity index (χ1) is 6.85. The van der Waals surface area contributed by atoms with Crippen LogP contribution in [0, 0.1) is 11.8 Å². The first kappa shape index (κ1) is 15.2. The lowest BCUT2D eigenvalue weighted by molar-refractivity contribution is 1.14. The van der Waals surface area contributed by atoms with Gasteiger partial charge in [-0.25, -0.2) is 0 Å². The Morgan fingerprint density at radius 2 is 1.57 bits per heavy atom. The van der Waals surface area contributed by atoms with Crippen molar-refractivity contribution in [2.45, 2.75) is 27.7 Å². The average Bonchev–Trinajstić information content (AvgIpc) is 2.24. The molecule has 0 unspecified atom stereocenters. The first-order valence-electron chi connectivity index (χ1n) is 5.03. The predicted octanol–water partition coefficient (Wildman–Crippen LogP) is 3.05. The summed E-state index contributed by atoms with van der Waals surface area (Å²) in [6.07, 6.45) is 0. The van der Waals surface area contributed by atoms with E-state index in [9.17, 15) is 0 Å². The highest BCUT2D eigenvalue weighted by molar-refractivity contribution is 5.32. The van der Waals surface area contributed by atoms with Crippen molar-refractivity contribution in [2.24, 2.45) is 5.73 Å². The molecule has 1 heteroatoms. The minimum Gasteiger partial charge on any atom is -0.331 e. The molecule has 0 bridgehead atoms. The Bertz CT molecular complexity index is 241. The van der Waals surface area contributed by atoms with E-state index in [4.69, 9.17) is 5.73 Å². The van der Waals surface area contributed by atoms with Crippen molar-refractivity contribution in [2.75, 3.05) is 6.54 Å². The highest BCUT2D eigenvalue weighted by Gasteiger charge is 1.77. The van der Waals surface area contributed by atoms with E-state index in [0.29, 0.717) is 0 Å². The molecule has 0 aliphatic carbocycles. The molecule has 0 aliphatic rings. The molecule has 1 nitrogen and oxygen atoms in total. The third-order valence-electron chi connectivity index (χ3n) is 1.04. The fourth-order valence-corrected chi connectivity index (χ4v) is 0.666. The fraction of sp³-hybridized carbons (Fsp3) is 0.385. The lowest BCUT2D eigenvalue weighted by Gasteiger charge is -1.83. The van der Waals surface area contributed by atoms with Crippen LogP contribution in [-0.2, 0) is 0 Å². The summed E-state index contributed by atoms with van der Waals surface area (Å²) in [5, 5.41) is 0. The van der Waals surface area contributed by atoms with Crippen molar-refractivity contribution < 1.29 is 0 Å². The third kappa shape index (κ3) is 10.7. The largest absolute Gasteiger partial charge is 0.331 e. The molecular weight excluding hydrogens is 170 g/mol. The zero-order valence-electron chi connectivity index (χ0n) is 9.67. The molecule has 0 atom stereocenters. The van der Waals surface area contributed by atoms with E-state index < -0.39 is 0 Å². The van der Waals surface area contributed by atoms with Gasteiger partial charge in [-0.3, -0.25) is 0 Å². The van der Waals surface area contributed by atoms with E-state index in [1.165, 1.54) is 0 Å². The molecule has 2 N–H and O–H groups in total. The molecule has 78 valence electrons. The van der Waals surface area contributed by atoms with Gasteiger partial charge in [0.15, 0.2) is 0 Å². The summed E-state index contributed by atoms with van der Waals surface area (Å²) in [5.41, 5.74) is 5.93. The Hall–Kier alpha value is -1.26. The van der Waals surface area contributed by atoms with E-state index in [2.05, 4.69) is 11.8 Å². The molecule has 0 aliphatic heterocycles. The summed E-state index contributed by atoms with van der Waals surface area (Å²) < 4.78 is 0. The normalized spacial score (nSPS) is 6.64. The summed E-state index contributed by atoms with van der Waals surface area (Å²) in [6, 6.07) is 9.95. The van der Waals surface area contributed by atoms with E-state index in [-0.39, 0.29) is 0 Å². The predicted molar refractivity (Wildman–Crippen MR) is 65.1 cm³/mol. The lowest BCUT2D eigenvalue weighted by Crippen LogP contribution is -1.87. The Labute approximate surface area is 88.3 Å². The van der Waals surface area contributed by atoms with Gasteiger partial charge < -0.3 is 5.73 Å². The molecular formula is C13H21N. The molecule has 0 saturated carbocycles. The molecule has 1 aromatic rings. The van der Waals surface area contributed by atoms with Crippen molar-refractivity contribution in [3.8, 4) is 11.8 Å². The zero-order chi connectivity index (χ0) is 11.2. The second kappa shape index (κ2) is 14.3. The second-order valence-corrected chi connectivity index (χ2v) is 2.15. The van der Waals surface area contributed by atoms with Gasteiger partial charge >= 0.3 is 0 Å². The lowest BCUT2D eigenvalue weighted by atomic mass is 10.2. The van der Waals surface area contributed by atoms with Crippen molar-refractivity contribution in [3.63, 3.8) is 0 Å². The highest BCUT2D eigenvalue weighted by Crippen LogP contribution is 1.93. The summed E-state index contributed by atoms with van der Waals surface area (Å²) in [5.74, 6) is 5.79. The van der Waals surface area contributed by atoms with E-state index >= 15 is 0 Å². The van der Waals surface area contributed by atoms with Crippen molar-refractivity contribution in [1.82, 2.24) is 0 Å². The highest BCUT2D eigenvalue weighted by atomic mass is 14.5. The van der Waals surface area contributed by atoms with Gasteiger partial charge in [-0.05, 0) is 25.6 Å². The van der Waals surface area contributed by atoms with Crippen LogP contribution in [0.4, 0.5) is 0 Å². The van der Waals surface area contributed by atoms with Crippen LogP contribution in [0.15, 0.2) is 30.3 Å². The Morgan fingerprint density at radius 1 is 1.14 bits per heavy atom. The van der Waals surface area contributed by atoms with Gasteiger partial charge in [0, 0.05) is 5.56 Å². The van der Waals surface area contributed by atoms with Crippen LogP contribution < -0.4 is 5.73 Å². The van der Waals surface area contributed by atoms with Crippen molar-refractivity contribution in [1.29, 1.82) is 0 Å². The van der Waals surface area contributed by atoms with Gasteiger partial charge in [-0.15, -0.1) is 5.92 Å². The molecule has 1 aromatic carbocycles. The number of nitrogens with two attached hydrogens (primary N) is 1. The quantitative estimate of drug-likeness (QED) is 0.627. The standard InChI is InChI=1S/C9H8.C2H7N.C2H6/c1-2-6-9-7-4-3-5-8-9;1-2-3;1-2/h3-5,7-8H,1H3;2-3H2,1H3;1-2H3. The van der Waals surface area contributed by atoms with Gasteiger partial charge in [-0.1, -0.05) is 44.9 Å². The molecule has 0 amide bonds. The minimum absolute atomic E-state index is 0.750. The van der Waals surface area contributed by atoms with Gasteiger partial charge in [0.1, 0.15) is 0 Å². The van der Waals surface area contributed by atoms with E-state index in [1.54, 1.807) is 0 Å². The summed E-state index contributed by atoms with van der Waals surface area (Å²) >= 11 is 0. The van der Waals surface area contributed by atoms with E-state index in [0.717, 1.165) is 12.1 Å². The second-order valence-electron chi connectivity index (χ2n) is 2.15. The smallest absolute Gasteiger partial charge is 0.0245 e. The fourth-order valence-electron chi connectivity index (χ4n) is 0.666. The molecule has 0 spiro atoms. The van der Waals surface area contributed by atoms with Crippen molar-refractivity contribution in [3.05, 3.63) is 35.9 Å². The van der Waals surface area contributed by atoms with Gasteiger partial charge in [0.25, 0.3) is 0 Å². The Balaban J connectivity index is 0. The van der Waals surface area contributed by atoms with Gasteiger partial charge in [0.2, 0.25) is 0 Å². The number of hydrogen-bond donors (Lipinski definition) is 1. The van der Waals surface area contributed by atoms with Gasteiger partial charge in [0.05, 0.1) is 0 Å². The first-order valence-corrected chi connectivity index (χ1v) is 5.03. The maximum absolute atomic E-state index is 4.85. The molecule has 0 fully saturated rings. The molecule has 0 aromatic heterocycles. The van der Waals surface area contributed by atoms with Crippen LogP contribution in [0.3, 0.4) is 0 Å². The van der Waals surface area contributed by atoms with Gasteiger partial charge in [-0.2, -0.15) is 0 Å². The number of hydrogen-bond acceptors (Lipinski definition) is 1. The third-order valence-corrected chi connectivity index (χ3v) is 1.04. The van der Waals surface area contributed by atoms with E-state index in [1.807, 2.05) is 58.0 Å². The monoisotopic (exact) mass is 191 g/mol. The summed E-state index contributed by atoms with van der Waals surface area (Å²) in [6.45, 7) is 8.49. The topological polar surface area (TPSA) is 26.0 Å². The van der Waals surface area contributed by atoms with Crippen LogP contribution >= 0.6 is 0 Å². The van der Waals surface area contributed by atoms with Crippen LogP contribution in [-0.4, -0.2) is 6.54 Å². The SMILES string of the molecule is CC.CC#Cc1ccccc1.CCN. The van der Waals surface area contributed by atoms with Crippen LogP contribution in [0.2, 0.25) is 0 Å². The van der Waals surface area contributed by atoms with Crippen LogP contribution in [0.25, 0.3) is 0 Å².